The summed E-state index contributed by atoms with van der Waals surface area (Å²) in [6.45, 7) is 11.1. The molecule has 2 saturated carbocycles. The highest BCUT2D eigenvalue weighted by Gasteiger charge is 2.62. The number of hydrogen-bond acceptors (Lipinski definition) is 8. The largest absolute Gasteiger partial charge is 0.497 e. The topological polar surface area (TPSA) is 113 Å². The molecule has 9 heteroatoms. The molecule has 5 atom stereocenters. The minimum Gasteiger partial charge on any atom is -0.497 e. The molecule has 0 bridgehead atoms. The van der Waals surface area contributed by atoms with Gasteiger partial charge in [-0.3, -0.25) is 9.59 Å². The van der Waals surface area contributed by atoms with Gasteiger partial charge in [0.15, 0.2) is 0 Å². The van der Waals surface area contributed by atoms with Crippen molar-refractivity contribution in [2.75, 3.05) is 13.7 Å². The summed E-state index contributed by atoms with van der Waals surface area (Å²) < 4.78 is 23.1. The van der Waals surface area contributed by atoms with Crippen molar-refractivity contribution in [1.82, 2.24) is 10.3 Å². The molecule has 0 radical (unpaired) electrons. The standard InChI is InChI=1S/C35H40N2O7/c1-7-22-20-35(22,33(40)42-8-2)37-31(38)26-16-24(17-27(26)32(39)44-34(3,4)5)43-30-19-28(21-12-10-9-11-13-21)36-29-18-23(41-6)14-15-25(29)30/h7,9-15,18-19,22,24,26-27H,1,8,16-17,20H2,2-6H3,(H,37,38)/t22-,24+,26+,27?,35+/m0/s1. The number of rotatable bonds is 10. The van der Waals surface area contributed by atoms with Crippen molar-refractivity contribution >= 4 is 28.7 Å². The number of pyridine rings is 1. The maximum absolute atomic E-state index is 13.8. The lowest BCUT2D eigenvalue weighted by Crippen LogP contribution is -2.49. The van der Waals surface area contributed by atoms with Crippen molar-refractivity contribution in [1.29, 1.82) is 0 Å². The first-order valence-electron chi connectivity index (χ1n) is 15.0. The predicted molar refractivity (Wildman–Crippen MR) is 166 cm³/mol. The van der Waals surface area contributed by atoms with E-state index in [0.717, 1.165) is 16.6 Å². The van der Waals surface area contributed by atoms with E-state index in [2.05, 4.69) is 11.9 Å². The van der Waals surface area contributed by atoms with Gasteiger partial charge in [-0.2, -0.15) is 0 Å². The second kappa shape index (κ2) is 12.3. The van der Waals surface area contributed by atoms with E-state index in [1.807, 2.05) is 54.6 Å². The number of carbonyl (C=O) groups is 3. The fourth-order valence-electron chi connectivity index (χ4n) is 5.93. The molecular formula is C35H40N2O7. The number of ether oxygens (including phenoxy) is 4. The van der Waals surface area contributed by atoms with Crippen molar-refractivity contribution in [3.63, 3.8) is 0 Å². The second-order valence-electron chi connectivity index (χ2n) is 12.4. The van der Waals surface area contributed by atoms with Crippen molar-refractivity contribution in [2.24, 2.45) is 17.8 Å². The highest BCUT2D eigenvalue weighted by molar-refractivity contribution is 5.94. The quantitative estimate of drug-likeness (QED) is 0.235. The molecule has 1 heterocycles. The van der Waals surface area contributed by atoms with Crippen LogP contribution >= 0.6 is 0 Å². The highest BCUT2D eigenvalue weighted by Crippen LogP contribution is 2.47. The third-order valence-corrected chi connectivity index (χ3v) is 8.19. The first kappa shape index (κ1) is 31.0. The van der Waals surface area contributed by atoms with E-state index in [1.54, 1.807) is 40.9 Å². The Bertz CT molecular complexity index is 1560. The average Bonchev–Trinajstić information content (AvgIpc) is 3.55. The maximum atomic E-state index is 13.8. The van der Waals surface area contributed by atoms with Gasteiger partial charge >= 0.3 is 11.9 Å². The Morgan fingerprint density at radius 3 is 2.43 bits per heavy atom. The van der Waals surface area contributed by atoms with Gasteiger partial charge in [0.05, 0.1) is 36.8 Å². The van der Waals surface area contributed by atoms with Gasteiger partial charge in [-0.1, -0.05) is 36.4 Å². The minimum atomic E-state index is -1.17. The summed E-state index contributed by atoms with van der Waals surface area (Å²) in [5.74, 6) is -1.90. The lowest BCUT2D eigenvalue weighted by atomic mass is 9.94. The Labute approximate surface area is 257 Å². The van der Waals surface area contributed by atoms with Crippen LogP contribution < -0.4 is 14.8 Å². The van der Waals surface area contributed by atoms with Gasteiger partial charge < -0.3 is 24.3 Å². The summed E-state index contributed by atoms with van der Waals surface area (Å²) in [6, 6.07) is 17.2. The van der Waals surface area contributed by atoms with Gasteiger partial charge in [0.2, 0.25) is 5.91 Å². The monoisotopic (exact) mass is 600 g/mol. The van der Waals surface area contributed by atoms with Crippen LogP contribution in [-0.4, -0.2) is 53.8 Å². The normalized spacial score (nSPS) is 24.3. The number of amides is 1. The first-order chi connectivity index (χ1) is 21.0. The Morgan fingerprint density at radius 2 is 1.80 bits per heavy atom. The number of benzene rings is 2. The molecule has 5 rings (SSSR count). The second-order valence-corrected chi connectivity index (χ2v) is 12.4. The molecule has 2 fully saturated rings. The van der Waals surface area contributed by atoms with Gasteiger partial charge in [-0.15, -0.1) is 6.58 Å². The molecule has 3 aromatic rings. The van der Waals surface area contributed by atoms with Gasteiger partial charge in [0.25, 0.3) is 0 Å². The zero-order chi connectivity index (χ0) is 31.6. The fourth-order valence-corrected chi connectivity index (χ4v) is 5.93. The molecule has 1 amide bonds. The van der Waals surface area contributed by atoms with Gasteiger partial charge in [-0.25, -0.2) is 9.78 Å². The van der Waals surface area contributed by atoms with Crippen LogP contribution in [0, 0.1) is 17.8 Å². The Hall–Kier alpha value is -4.40. The molecule has 2 aromatic carbocycles. The third kappa shape index (κ3) is 6.42. The Balaban J connectivity index is 1.46. The SMILES string of the molecule is C=C[C@H]1C[C@]1(NC(=O)[C@@H]1C[C@@H](Oc2cc(-c3ccccc3)nc3cc(OC)ccc23)CC1C(=O)OC(C)(C)C)C(=O)OCC. The summed E-state index contributed by atoms with van der Waals surface area (Å²) in [5, 5.41) is 3.71. The molecule has 2 aliphatic carbocycles. The van der Waals surface area contributed by atoms with E-state index >= 15 is 0 Å². The summed E-state index contributed by atoms with van der Waals surface area (Å²) in [6.07, 6.45) is 2.10. The molecular weight excluding hydrogens is 560 g/mol. The fraction of sp³-hybridized carbons (Fsp3) is 0.429. The van der Waals surface area contributed by atoms with Crippen LogP contribution in [0.25, 0.3) is 22.2 Å². The van der Waals surface area contributed by atoms with E-state index in [-0.39, 0.29) is 25.4 Å². The van der Waals surface area contributed by atoms with Crippen LogP contribution in [0.2, 0.25) is 0 Å². The van der Waals surface area contributed by atoms with Gasteiger partial charge in [0.1, 0.15) is 28.7 Å². The minimum absolute atomic E-state index is 0.191. The summed E-state index contributed by atoms with van der Waals surface area (Å²) in [7, 11) is 1.60. The number of nitrogens with one attached hydrogen (secondary N) is 1. The number of hydrogen-bond donors (Lipinski definition) is 1. The maximum Gasteiger partial charge on any atom is 0.332 e. The van der Waals surface area contributed by atoms with Crippen LogP contribution in [0.4, 0.5) is 0 Å². The number of aromatic nitrogens is 1. The van der Waals surface area contributed by atoms with Crippen molar-refractivity contribution in [2.45, 2.75) is 64.2 Å². The Morgan fingerprint density at radius 1 is 1.07 bits per heavy atom. The molecule has 0 aliphatic heterocycles. The molecule has 2 aliphatic rings. The molecule has 1 aromatic heterocycles. The lowest BCUT2D eigenvalue weighted by Gasteiger charge is -2.25. The van der Waals surface area contributed by atoms with Gasteiger partial charge in [0, 0.05) is 29.0 Å². The molecule has 0 spiro atoms. The van der Waals surface area contributed by atoms with Crippen LogP contribution in [0.1, 0.15) is 47.0 Å². The van der Waals surface area contributed by atoms with E-state index in [0.29, 0.717) is 23.4 Å². The Kier molecular flexibility index (Phi) is 8.68. The molecule has 0 saturated heterocycles. The van der Waals surface area contributed by atoms with E-state index in [4.69, 9.17) is 23.9 Å². The van der Waals surface area contributed by atoms with Crippen LogP contribution in [0.3, 0.4) is 0 Å². The first-order valence-corrected chi connectivity index (χ1v) is 15.0. The van der Waals surface area contributed by atoms with Crippen molar-refractivity contribution in [3.05, 3.63) is 67.3 Å². The highest BCUT2D eigenvalue weighted by atomic mass is 16.6. The molecule has 1 unspecified atom stereocenters. The van der Waals surface area contributed by atoms with Crippen molar-refractivity contribution in [3.8, 4) is 22.8 Å². The van der Waals surface area contributed by atoms with Crippen LogP contribution in [-0.2, 0) is 23.9 Å². The van der Waals surface area contributed by atoms with E-state index < -0.39 is 46.9 Å². The summed E-state index contributed by atoms with van der Waals surface area (Å²) in [4.78, 5) is 45.0. The number of esters is 2. The number of nitrogens with zero attached hydrogens (tertiary/aromatic N) is 1. The van der Waals surface area contributed by atoms with Crippen LogP contribution in [0.15, 0.2) is 67.3 Å². The number of carbonyl (C=O) groups excluding carboxylic acids is 3. The smallest absolute Gasteiger partial charge is 0.332 e. The summed E-state index contributed by atoms with van der Waals surface area (Å²) in [5.41, 5.74) is 0.425. The van der Waals surface area contributed by atoms with E-state index in [9.17, 15) is 14.4 Å². The average molecular weight is 601 g/mol. The number of methoxy groups -OCH3 is 1. The zero-order valence-corrected chi connectivity index (χ0v) is 25.9. The zero-order valence-electron chi connectivity index (χ0n) is 25.9. The lowest BCUT2D eigenvalue weighted by molar-refractivity contribution is -0.163. The van der Waals surface area contributed by atoms with Gasteiger partial charge in [-0.05, 0) is 59.1 Å². The van der Waals surface area contributed by atoms with E-state index in [1.165, 1.54) is 0 Å². The van der Waals surface area contributed by atoms with Crippen LogP contribution in [0.5, 0.6) is 11.5 Å². The van der Waals surface area contributed by atoms with Crippen molar-refractivity contribution < 1.29 is 33.3 Å². The molecule has 9 nitrogen and oxygen atoms in total. The molecule has 44 heavy (non-hydrogen) atoms. The predicted octanol–water partition coefficient (Wildman–Crippen LogP) is 5.65. The molecule has 232 valence electrons. The third-order valence-electron chi connectivity index (χ3n) is 8.19. The number of fused-ring (bicyclic) bond motifs is 1. The molecule has 1 N–H and O–H groups in total. The summed E-state index contributed by atoms with van der Waals surface area (Å²) >= 11 is 0.